The fraction of sp³-hybridized carbons (Fsp3) is 0.429. The van der Waals surface area contributed by atoms with Gasteiger partial charge in [0.25, 0.3) is 0 Å². The Bertz CT molecular complexity index is 326. The van der Waals surface area contributed by atoms with Gasteiger partial charge in [0.1, 0.15) is 5.02 Å². The molecule has 1 aromatic rings. The van der Waals surface area contributed by atoms with Gasteiger partial charge < -0.3 is 9.84 Å². The number of ether oxygens (including phenoxy) is 1. The maximum absolute atomic E-state index is 10.6. The molecule has 0 radical (unpaired) electrons. The van der Waals surface area contributed by atoms with E-state index < -0.39 is 11.9 Å². The molecule has 1 aromatic heterocycles. The molecule has 6 heteroatoms. The van der Waals surface area contributed by atoms with E-state index in [9.17, 15) is 4.79 Å². The number of carboxylic acids is 1. The van der Waals surface area contributed by atoms with Crippen LogP contribution < -0.4 is 4.74 Å². The van der Waals surface area contributed by atoms with E-state index in [1.54, 1.807) is 6.92 Å². The van der Waals surface area contributed by atoms with Gasteiger partial charge in [0.15, 0.2) is 0 Å². The molecule has 0 aliphatic rings. The summed E-state index contributed by atoms with van der Waals surface area (Å²) in [4.78, 5) is 11.1. The van der Waals surface area contributed by atoms with Crippen LogP contribution in [-0.2, 0) is 4.79 Å². The molecule has 0 saturated heterocycles. The molecular weight excluding hydrogens is 214 g/mol. The lowest BCUT2D eigenvalue weighted by Gasteiger charge is -2.01. The lowest BCUT2D eigenvalue weighted by Crippen LogP contribution is -2.05. The predicted octanol–water partition coefficient (Wildman–Crippen LogP) is 1.99. The van der Waals surface area contributed by atoms with Gasteiger partial charge in [0.05, 0.1) is 17.9 Å². The molecule has 72 valence electrons. The summed E-state index contributed by atoms with van der Waals surface area (Å²) in [7, 11) is 1.44. The number of halogens is 1. The Hall–Kier alpha value is -0.810. The molecule has 13 heavy (non-hydrogen) atoms. The summed E-state index contributed by atoms with van der Waals surface area (Å²) in [6.07, 6.45) is 0. The van der Waals surface area contributed by atoms with E-state index in [1.807, 2.05) is 0 Å². The van der Waals surface area contributed by atoms with Crippen LogP contribution >= 0.6 is 23.1 Å². The Balaban J connectivity index is 3.02. The third kappa shape index (κ3) is 1.92. The highest BCUT2D eigenvalue weighted by Crippen LogP contribution is 2.35. The first-order chi connectivity index (χ1) is 6.07. The molecule has 1 rings (SSSR count). The van der Waals surface area contributed by atoms with Crippen molar-refractivity contribution in [1.82, 2.24) is 4.37 Å². The molecule has 0 aliphatic carbocycles. The fourth-order valence-corrected chi connectivity index (χ4v) is 1.99. The monoisotopic (exact) mass is 221 g/mol. The number of aliphatic carboxylic acids is 1. The number of aromatic nitrogens is 1. The summed E-state index contributed by atoms with van der Waals surface area (Å²) in [5, 5.41) is 9.02. The van der Waals surface area contributed by atoms with Crippen molar-refractivity contribution in [3.8, 4) is 5.88 Å². The van der Waals surface area contributed by atoms with Crippen molar-refractivity contribution in [3.05, 3.63) is 9.90 Å². The Morgan fingerprint density at radius 1 is 1.77 bits per heavy atom. The summed E-state index contributed by atoms with van der Waals surface area (Å²) >= 11 is 6.87. The van der Waals surface area contributed by atoms with Crippen molar-refractivity contribution in [2.75, 3.05) is 7.11 Å². The Labute approximate surface area is 84.3 Å². The molecule has 0 saturated carbocycles. The molecule has 0 aliphatic heterocycles. The summed E-state index contributed by atoms with van der Waals surface area (Å²) in [5.74, 6) is -1.28. The van der Waals surface area contributed by atoms with E-state index >= 15 is 0 Å². The van der Waals surface area contributed by atoms with Gasteiger partial charge in [0, 0.05) is 0 Å². The normalized spacial score (nSPS) is 12.5. The van der Waals surface area contributed by atoms with Crippen LogP contribution in [0.4, 0.5) is 0 Å². The second-order valence-corrected chi connectivity index (χ2v) is 3.61. The van der Waals surface area contributed by atoms with E-state index in [2.05, 4.69) is 4.37 Å². The smallest absolute Gasteiger partial charge is 0.311 e. The van der Waals surface area contributed by atoms with Crippen LogP contribution in [-0.4, -0.2) is 22.6 Å². The van der Waals surface area contributed by atoms with Gasteiger partial charge in [-0.15, -0.1) is 0 Å². The minimum absolute atomic E-state index is 0.287. The Morgan fingerprint density at radius 3 is 2.77 bits per heavy atom. The first kappa shape index (κ1) is 10.3. The zero-order chi connectivity index (χ0) is 10.0. The maximum Gasteiger partial charge on any atom is 0.311 e. The lowest BCUT2D eigenvalue weighted by molar-refractivity contribution is -0.138. The Morgan fingerprint density at radius 2 is 2.38 bits per heavy atom. The highest BCUT2D eigenvalue weighted by molar-refractivity contribution is 7.06. The van der Waals surface area contributed by atoms with E-state index in [-0.39, 0.29) is 5.88 Å². The first-order valence-electron chi connectivity index (χ1n) is 3.49. The van der Waals surface area contributed by atoms with Crippen LogP contribution in [0.2, 0.25) is 5.02 Å². The van der Waals surface area contributed by atoms with Gasteiger partial charge in [-0.2, -0.15) is 4.37 Å². The van der Waals surface area contributed by atoms with Gasteiger partial charge in [-0.05, 0) is 18.5 Å². The number of hydrogen-bond acceptors (Lipinski definition) is 4. The first-order valence-corrected chi connectivity index (χ1v) is 4.65. The highest BCUT2D eigenvalue weighted by Gasteiger charge is 2.22. The van der Waals surface area contributed by atoms with Gasteiger partial charge >= 0.3 is 5.97 Å². The average Bonchev–Trinajstić information content (AvgIpc) is 2.45. The van der Waals surface area contributed by atoms with Crippen molar-refractivity contribution in [1.29, 1.82) is 0 Å². The van der Waals surface area contributed by atoms with Crippen molar-refractivity contribution in [2.45, 2.75) is 12.8 Å². The van der Waals surface area contributed by atoms with Gasteiger partial charge in [-0.25, -0.2) is 0 Å². The molecule has 1 unspecified atom stereocenters. The van der Waals surface area contributed by atoms with Crippen molar-refractivity contribution < 1.29 is 14.6 Å². The summed E-state index contributed by atoms with van der Waals surface area (Å²) in [6, 6.07) is 0. The van der Waals surface area contributed by atoms with E-state index in [0.29, 0.717) is 9.90 Å². The molecule has 0 fully saturated rings. The largest absolute Gasteiger partial charge is 0.481 e. The van der Waals surface area contributed by atoms with Crippen LogP contribution in [0.3, 0.4) is 0 Å². The predicted molar refractivity (Wildman–Crippen MR) is 49.7 cm³/mol. The Kier molecular flexibility index (Phi) is 3.11. The number of nitrogens with zero attached hydrogens (tertiary/aromatic N) is 1. The molecular formula is C7H8ClNO3S. The molecule has 1 atom stereocenters. The van der Waals surface area contributed by atoms with Gasteiger partial charge in [-0.1, -0.05) is 11.6 Å². The van der Waals surface area contributed by atoms with E-state index in [0.717, 1.165) is 11.5 Å². The summed E-state index contributed by atoms with van der Waals surface area (Å²) < 4.78 is 8.69. The standard InChI is InChI=1S/C7H8ClNO3S/c1-3(7(10)11)5-4(8)6(12-2)9-13-5/h3H,1-2H3,(H,10,11). The minimum Gasteiger partial charge on any atom is -0.481 e. The number of methoxy groups -OCH3 is 1. The van der Waals surface area contributed by atoms with E-state index in [1.165, 1.54) is 7.11 Å². The molecule has 4 nitrogen and oxygen atoms in total. The fourth-order valence-electron chi connectivity index (χ4n) is 0.784. The minimum atomic E-state index is -0.923. The highest BCUT2D eigenvalue weighted by atomic mass is 35.5. The molecule has 1 N–H and O–H groups in total. The molecule has 0 spiro atoms. The van der Waals surface area contributed by atoms with Crippen LogP contribution in [0.5, 0.6) is 5.88 Å². The zero-order valence-electron chi connectivity index (χ0n) is 7.07. The van der Waals surface area contributed by atoms with Crippen LogP contribution in [0.1, 0.15) is 17.7 Å². The second kappa shape index (κ2) is 3.93. The van der Waals surface area contributed by atoms with Crippen LogP contribution in [0, 0.1) is 0 Å². The third-order valence-electron chi connectivity index (χ3n) is 1.59. The number of carboxylic acid groups (broad SMARTS) is 1. The van der Waals surface area contributed by atoms with Crippen LogP contribution in [0.15, 0.2) is 0 Å². The number of rotatable bonds is 3. The molecule has 0 aromatic carbocycles. The van der Waals surface area contributed by atoms with Crippen molar-refractivity contribution >= 4 is 29.1 Å². The topological polar surface area (TPSA) is 59.4 Å². The number of carbonyl (C=O) groups is 1. The average molecular weight is 222 g/mol. The van der Waals surface area contributed by atoms with Gasteiger partial charge in [0.2, 0.25) is 5.88 Å². The summed E-state index contributed by atoms with van der Waals surface area (Å²) in [5.41, 5.74) is 0. The zero-order valence-corrected chi connectivity index (χ0v) is 8.65. The molecule has 0 bridgehead atoms. The molecule has 0 amide bonds. The quantitative estimate of drug-likeness (QED) is 0.848. The number of hydrogen-bond donors (Lipinski definition) is 1. The van der Waals surface area contributed by atoms with Crippen LogP contribution in [0.25, 0.3) is 0 Å². The second-order valence-electron chi connectivity index (χ2n) is 2.43. The maximum atomic E-state index is 10.6. The van der Waals surface area contributed by atoms with Gasteiger partial charge in [-0.3, -0.25) is 4.79 Å². The third-order valence-corrected chi connectivity index (χ3v) is 3.08. The van der Waals surface area contributed by atoms with E-state index in [4.69, 9.17) is 21.4 Å². The summed E-state index contributed by atoms with van der Waals surface area (Å²) in [6.45, 7) is 1.56. The molecule has 1 heterocycles. The van der Waals surface area contributed by atoms with Crippen molar-refractivity contribution in [2.24, 2.45) is 0 Å². The SMILES string of the molecule is COc1nsc(C(C)C(=O)O)c1Cl. The lowest BCUT2D eigenvalue weighted by atomic mass is 10.1. The van der Waals surface area contributed by atoms with Crippen molar-refractivity contribution in [3.63, 3.8) is 0 Å².